The van der Waals surface area contributed by atoms with Gasteiger partial charge in [-0.1, -0.05) is 0 Å². The second-order valence-electron chi connectivity index (χ2n) is 4.80. The molecule has 1 fully saturated rings. The number of hydrogen-bond donors (Lipinski definition) is 1. The van der Waals surface area contributed by atoms with Gasteiger partial charge in [0.15, 0.2) is 0 Å². The second kappa shape index (κ2) is 4.87. The Morgan fingerprint density at radius 3 is 3.00 bits per heavy atom. The zero-order valence-electron chi connectivity index (χ0n) is 10.5. The van der Waals surface area contributed by atoms with E-state index in [2.05, 4.69) is 5.10 Å². The van der Waals surface area contributed by atoms with Crippen LogP contribution in [0, 0.1) is 12.8 Å². The van der Waals surface area contributed by atoms with Crippen LogP contribution in [0.2, 0.25) is 0 Å². The Morgan fingerprint density at radius 1 is 1.65 bits per heavy atom. The summed E-state index contributed by atoms with van der Waals surface area (Å²) in [6.45, 7) is 4.15. The maximum Gasteiger partial charge on any atom is 0.257 e. The molecule has 1 aliphatic rings. The van der Waals surface area contributed by atoms with Crippen molar-refractivity contribution < 1.29 is 4.79 Å². The van der Waals surface area contributed by atoms with E-state index in [4.69, 9.17) is 5.73 Å². The van der Waals surface area contributed by atoms with Crippen LogP contribution in [0.5, 0.6) is 0 Å². The molecule has 0 bridgehead atoms. The molecule has 5 heteroatoms. The van der Waals surface area contributed by atoms with E-state index in [1.807, 2.05) is 18.9 Å². The molecule has 0 spiro atoms. The van der Waals surface area contributed by atoms with Crippen molar-refractivity contribution in [2.45, 2.75) is 19.8 Å². The summed E-state index contributed by atoms with van der Waals surface area (Å²) in [6.07, 6.45) is 3.98. The second-order valence-corrected chi connectivity index (χ2v) is 4.80. The van der Waals surface area contributed by atoms with Gasteiger partial charge in [-0.2, -0.15) is 5.10 Å². The molecule has 2 rings (SSSR count). The van der Waals surface area contributed by atoms with E-state index in [1.165, 1.54) is 0 Å². The van der Waals surface area contributed by atoms with Gasteiger partial charge in [-0.05, 0) is 32.2 Å². The number of amides is 1. The molecule has 2 N–H and O–H groups in total. The van der Waals surface area contributed by atoms with E-state index in [0.29, 0.717) is 18.0 Å². The molecule has 5 nitrogen and oxygen atoms in total. The maximum absolute atomic E-state index is 12.3. The van der Waals surface area contributed by atoms with E-state index < -0.39 is 0 Å². The summed E-state index contributed by atoms with van der Waals surface area (Å²) in [5, 5.41) is 4.21. The predicted octanol–water partition coefficient (Wildman–Crippen LogP) is 0.539. The lowest BCUT2D eigenvalue weighted by atomic mass is 9.98. The average Bonchev–Trinajstić information content (AvgIpc) is 2.67. The van der Waals surface area contributed by atoms with Gasteiger partial charge in [0.05, 0.1) is 11.3 Å². The fraction of sp³-hybridized carbons (Fsp3) is 0.667. The Morgan fingerprint density at radius 2 is 2.41 bits per heavy atom. The van der Waals surface area contributed by atoms with Gasteiger partial charge in [-0.25, -0.2) is 0 Å². The van der Waals surface area contributed by atoms with Crippen molar-refractivity contribution in [3.63, 3.8) is 0 Å². The molecule has 0 saturated carbocycles. The highest BCUT2D eigenvalue weighted by Gasteiger charge is 2.25. The molecule has 0 aliphatic carbocycles. The molecule has 17 heavy (non-hydrogen) atoms. The summed E-state index contributed by atoms with van der Waals surface area (Å²) in [5.74, 6) is 0.540. The largest absolute Gasteiger partial charge is 0.338 e. The number of carbonyl (C=O) groups excluding carboxylic acids is 1. The average molecular weight is 236 g/mol. The van der Waals surface area contributed by atoms with E-state index >= 15 is 0 Å². The Labute approximate surface area is 102 Å². The number of likely N-dealkylation sites (tertiary alicyclic amines) is 1. The van der Waals surface area contributed by atoms with Gasteiger partial charge in [0.1, 0.15) is 0 Å². The van der Waals surface area contributed by atoms with E-state index in [-0.39, 0.29) is 5.91 Å². The van der Waals surface area contributed by atoms with E-state index in [0.717, 1.165) is 31.6 Å². The van der Waals surface area contributed by atoms with Gasteiger partial charge in [0.25, 0.3) is 5.91 Å². The Balaban J connectivity index is 2.12. The number of piperidine rings is 1. The standard InChI is InChI=1S/C12H20N4O/c1-9-11(8-15(2)14-9)12(17)16-5-3-4-10(6-13)7-16/h8,10H,3-7,13H2,1-2H3. The van der Waals surface area contributed by atoms with Gasteiger partial charge in [-0.15, -0.1) is 0 Å². The van der Waals surface area contributed by atoms with Crippen LogP contribution in [0.25, 0.3) is 0 Å². The zero-order chi connectivity index (χ0) is 12.4. The monoisotopic (exact) mass is 236 g/mol. The van der Waals surface area contributed by atoms with E-state index in [9.17, 15) is 4.79 Å². The molecule has 1 amide bonds. The van der Waals surface area contributed by atoms with Crippen LogP contribution < -0.4 is 5.73 Å². The zero-order valence-corrected chi connectivity index (χ0v) is 10.5. The van der Waals surface area contributed by atoms with Crippen molar-refractivity contribution in [3.8, 4) is 0 Å². The molecule has 1 aromatic heterocycles. The third kappa shape index (κ3) is 2.49. The Kier molecular flexibility index (Phi) is 3.47. The maximum atomic E-state index is 12.3. The topological polar surface area (TPSA) is 64.2 Å². The van der Waals surface area contributed by atoms with Crippen LogP contribution in [0.4, 0.5) is 0 Å². The van der Waals surface area contributed by atoms with Crippen molar-refractivity contribution in [2.75, 3.05) is 19.6 Å². The number of hydrogen-bond acceptors (Lipinski definition) is 3. The van der Waals surface area contributed by atoms with Crippen molar-refractivity contribution in [1.29, 1.82) is 0 Å². The molecule has 0 aromatic carbocycles. The normalized spacial score (nSPS) is 20.6. The number of nitrogens with two attached hydrogens (primary N) is 1. The number of aromatic nitrogens is 2. The van der Waals surface area contributed by atoms with Gasteiger partial charge >= 0.3 is 0 Å². The number of aryl methyl sites for hydroxylation is 2. The van der Waals surface area contributed by atoms with Gasteiger partial charge in [0.2, 0.25) is 0 Å². The van der Waals surface area contributed by atoms with Crippen molar-refractivity contribution in [1.82, 2.24) is 14.7 Å². The van der Waals surface area contributed by atoms with Crippen LogP contribution in [0.1, 0.15) is 28.9 Å². The summed E-state index contributed by atoms with van der Waals surface area (Å²) in [7, 11) is 1.84. The molecule has 2 heterocycles. The molecular formula is C12H20N4O. The number of nitrogens with zero attached hydrogens (tertiary/aromatic N) is 3. The number of rotatable bonds is 2. The lowest BCUT2D eigenvalue weighted by Gasteiger charge is -2.32. The lowest BCUT2D eigenvalue weighted by molar-refractivity contribution is 0.0677. The highest BCUT2D eigenvalue weighted by molar-refractivity contribution is 5.95. The molecule has 1 aliphatic heterocycles. The van der Waals surface area contributed by atoms with Crippen molar-refractivity contribution in [3.05, 3.63) is 17.5 Å². The van der Waals surface area contributed by atoms with E-state index in [1.54, 1.807) is 10.9 Å². The van der Waals surface area contributed by atoms with Crippen LogP contribution >= 0.6 is 0 Å². The summed E-state index contributed by atoms with van der Waals surface area (Å²) in [6, 6.07) is 0. The lowest BCUT2D eigenvalue weighted by Crippen LogP contribution is -2.42. The molecule has 1 aromatic rings. The molecule has 94 valence electrons. The van der Waals surface area contributed by atoms with Crippen LogP contribution in [-0.4, -0.2) is 40.2 Å². The summed E-state index contributed by atoms with van der Waals surface area (Å²) >= 11 is 0. The fourth-order valence-corrected chi connectivity index (χ4v) is 2.42. The Hall–Kier alpha value is -1.36. The summed E-state index contributed by atoms with van der Waals surface area (Å²) in [5.41, 5.74) is 7.20. The molecule has 1 unspecified atom stereocenters. The minimum Gasteiger partial charge on any atom is -0.338 e. The summed E-state index contributed by atoms with van der Waals surface area (Å²) < 4.78 is 1.69. The predicted molar refractivity (Wildman–Crippen MR) is 65.6 cm³/mol. The molecular weight excluding hydrogens is 216 g/mol. The van der Waals surface area contributed by atoms with Crippen LogP contribution in [0.3, 0.4) is 0 Å². The van der Waals surface area contributed by atoms with Gasteiger partial charge < -0.3 is 10.6 Å². The minimum absolute atomic E-state index is 0.0914. The first-order chi connectivity index (χ1) is 8.11. The molecule has 1 saturated heterocycles. The Bertz CT molecular complexity index is 413. The van der Waals surface area contributed by atoms with Crippen molar-refractivity contribution >= 4 is 5.91 Å². The highest BCUT2D eigenvalue weighted by atomic mass is 16.2. The molecule has 1 atom stereocenters. The third-order valence-electron chi connectivity index (χ3n) is 3.38. The quantitative estimate of drug-likeness (QED) is 0.815. The van der Waals surface area contributed by atoms with Gasteiger partial charge in [0, 0.05) is 26.3 Å². The minimum atomic E-state index is 0.0914. The molecule has 0 radical (unpaired) electrons. The first-order valence-electron chi connectivity index (χ1n) is 6.11. The first kappa shape index (κ1) is 12.1. The summed E-state index contributed by atoms with van der Waals surface area (Å²) in [4.78, 5) is 14.2. The first-order valence-corrected chi connectivity index (χ1v) is 6.11. The fourth-order valence-electron chi connectivity index (χ4n) is 2.42. The SMILES string of the molecule is Cc1nn(C)cc1C(=O)N1CCCC(CN)C1. The van der Waals surface area contributed by atoms with Crippen LogP contribution in [-0.2, 0) is 7.05 Å². The van der Waals surface area contributed by atoms with Crippen molar-refractivity contribution in [2.24, 2.45) is 18.7 Å². The highest BCUT2D eigenvalue weighted by Crippen LogP contribution is 2.18. The van der Waals surface area contributed by atoms with Gasteiger partial charge in [-0.3, -0.25) is 9.48 Å². The number of carbonyl (C=O) groups is 1. The van der Waals surface area contributed by atoms with Crippen LogP contribution in [0.15, 0.2) is 6.20 Å². The third-order valence-corrected chi connectivity index (χ3v) is 3.38. The smallest absolute Gasteiger partial charge is 0.257 e.